The molecule has 1 saturated heterocycles. The molecule has 0 bridgehead atoms. The van der Waals surface area contributed by atoms with Crippen molar-refractivity contribution in [2.75, 3.05) is 11.9 Å². The monoisotopic (exact) mass is 468 g/mol. The SMILES string of the molecule is O=C(CN1C(=S)N[C@@H](c2ccccn2)[C@H]1c1cccn1Cc1ccccn1)Nc1ccccc1. The summed E-state index contributed by atoms with van der Waals surface area (Å²) in [5, 5.41) is 6.89. The van der Waals surface area contributed by atoms with Gasteiger partial charge in [0.25, 0.3) is 0 Å². The lowest BCUT2D eigenvalue weighted by molar-refractivity contribution is -0.116. The standard InChI is InChI=1S/C26H24N6OS/c33-23(29-19-9-2-1-3-10-19)18-32-25(24(30-26(32)34)21-12-5-7-15-28-21)22-13-8-16-31(22)17-20-11-4-6-14-27-20/h1-16,24-25H,17-18H2,(H,29,33)(H,30,34)/t24-,25+/m0/s1. The number of carbonyl (C=O) groups is 1. The minimum Gasteiger partial charge on any atom is -0.352 e. The van der Waals surface area contributed by atoms with Gasteiger partial charge in [0.2, 0.25) is 5.91 Å². The lowest BCUT2D eigenvalue weighted by Gasteiger charge is -2.28. The van der Waals surface area contributed by atoms with Crippen molar-refractivity contribution in [1.29, 1.82) is 0 Å². The predicted molar refractivity (Wildman–Crippen MR) is 135 cm³/mol. The maximum atomic E-state index is 13.0. The van der Waals surface area contributed by atoms with Gasteiger partial charge in [-0.25, -0.2) is 0 Å². The van der Waals surface area contributed by atoms with Gasteiger partial charge >= 0.3 is 0 Å². The molecule has 2 atom stereocenters. The Labute approximate surface area is 203 Å². The van der Waals surface area contributed by atoms with Crippen molar-refractivity contribution in [3.8, 4) is 0 Å². The average molecular weight is 469 g/mol. The number of pyridine rings is 2. The van der Waals surface area contributed by atoms with Crippen molar-refractivity contribution in [3.05, 3.63) is 115 Å². The van der Waals surface area contributed by atoms with Gasteiger partial charge < -0.3 is 20.1 Å². The van der Waals surface area contributed by atoms with E-state index in [2.05, 4.69) is 31.2 Å². The number of hydrogen-bond acceptors (Lipinski definition) is 4. The predicted octanol–water partition coefficient (Wildman–Crippen LogP) is 3.94. The van der Waals surface area contributed by atoms with E-state index in [-0.39, 0.29) is 24.5 Å². The highest BCUT2D eigenvalue weighted by atomic mass is 32.1. The van der Waals surface area contributed by atoms with Gasteiger partial charge in [-0.15, -0.1) is 0 Å². The van der Waals surface area contributed by atoms with Crippen molar-refractivity contribution in [1.82, 2.24) is 24.8 Å². The van der Waals surface area contributed by atoms with E-state index in [1.807, 2.05) is 83.9 Å². The van der Waals surface area contributed by atoms with Crippen LogP contribution in [0, 0.1) is 0 Å². The first-order valence-electron chi connectivity index (χ1n) is 11.1. The number of para-hydroxylation sites is 1. The fourth-order valence-corrected chi connectivity index (χ4v) is 4.59. The van der Waals surface area contributed by atoms with Gasteiger partial charge in [-0.2, -0.15) is 0 Å². The summed E-state index contributed by atoms with van der Waals surface area (Å²) in [7, 11) is 0. The first-order chi connectivity index (χ1) is 16.7. The van der Waals surface area contributed by atoms with Crippen LogP contribution in [0.3, 0.4) is 0 Å². The van der Waals surface area contributed by atoms with Crippen LogP contribution in [0.2, 0.25) is 0 Å². The fourth-order valence-electron chi connectivity index (χ4n) is 4.28. The Kier molecular flexibility index (Phi) is 6.31. The zero-order chi connectivity index (χ0) is 23.3. The first-order valence-corrected chi connectivity index (χ1v) is 11.5. The van der Waals surface area contributed by atoms with E-state index in [4.69, 9.17) is 12.2 Å². The van der Waals surface area contributed by atoms with Crippen LogP contribution in [0.25, 0.3) is 0 Å². The molecule has 34 heavy (non-hydrogen) atoms. The normalized spacial score (nSPS) is 17.4. The number of carbonyl (C=O) groups excluding carboxylic acids is 1. The van der Waals surface area contributed by atoms with Crippen molar-refractivity contribution in [3.63, 3.8) is 0 Å². The molecule has 1 fully saturated rings. The van der Waals surface area contributed by atoms with Crippen molar-refractivity contribution in [2.45, 2.75) is 18.6 Å². The molecule has 170 valence electrons. The number of benzene rings is 1. The molecule has 7 nitrogen and oxygen atoms in total. The number of thiocarbonyl (C=S) groups is 1. The Morgan fingerprint density at radius 2 is 1.71 bits per heavy atom. The molecule has 0 aliphatic carbocycles. The van der Waals surface area contributed by atoms with E-state index in [9.17, 15) is 4.79 Å². The molecule has 1 amide bonds. The fraction of sp³-hybridized carbons (Fsp3) is 0.154. The van der Waals surface area contributed by atoms with Gasteiger partial charge in [0, 0.05) is 30.0 Å². The number of amides is 1. The molecule has 2 N–H and O–H groups in total. The number of nitrogens with zero attached hydrogens (tertiary/aromatic N) is 4. The highest BCUT2D eigenvalue weighted by Crippen LogP contribution is 2.38. The van der Waals surface area contributed by atoms with Crippen LogP contribution >= 0.6 is 12.2 Å². The molecule has 3 aromatic heterocycles. The third kappa shape index (κ3) is 4.67. The third-order valence-electron chi connectivity index (χ3n) is 5.80. The van der Waals surface area contributed by atoms with Crippen LogP contribution in [0.4, 0.5) is 5.69 Å². The van der Waals surface area contributed by atoms with Gasteiger partial charge in [-0.05, 0) is 60.7 Å². The molecular weight excluding hydrogens is 444 g/mol. The van der Waals surface area contributed by atoms with Gasteiger partial charge in [-0.3, -0.25) is 14.8 Å². The number of aromatic nitrogens is 3. The molecule has 4 heterocycles. The molecule has 5 rings (SSSR count). The van der Waals surface area contributed by atoms with Crippen molar-refractivity contribution < 1.29 is 4.79 Å². The summed E-state index contributed by atoms with van der Waals surface area (Å²) >= 11 is 5.71. The smallest absolute Gasteiger partial charge is 0.244 e. The Morgan fingerprint density at radius 1 is 0.941 bits per heavy atom. The van der Waals surface area contributed by atoms with E-state index in [1.54, 1.807) is 12.4 Å². The summed E-state index contributed by atoms with van der Waals surface area (Å²) in [5.74, 6) is -0.134. The maximum Gasteiger partial charge on any atom is 0.244 e. The summed E-state index contributed by atoms with van der Waals surface area (Å²) < 4.78 is 2.15. The quantitative estimate of drug-likeness (QED) is 0.400. The highest BCUT2D eigenvalue weighted by Gasteiger charge is 2.41. The van der Waals surface area contributed by atoms with Gasteiger partial charge in [0.1, 0.15) is 6.54 Å². The van der Waals surface area contributed by atoms with Crippen LogP contribution in [-0.2, 0) is 11.3 Å². The number of nitrogens with one attached hydrogen (secondary N) is 2. The van der Waals surface area contributed by atoms with Crippen molar-refractivity contribution in [2.24, 2.45) is 0 Å². The molecule has 1 aliphatic rings. The average Bonchev–Trinajstić information content (AvgIpc) is 3.44. The second-order valence-electron chi connectivity index (χ2n) is 8.05. The van der Waals surface area contributed by atoms with E-state index >= 15 is 0 Å². The molecule has 0 saturated carbocycles. The Hall–Kier alpha value is -4.04. The number of hydrogen-bond donors (Lipinski definition) is 2. The Bertz CT molecular complexity index is 1260. The summed E-state index contributed by atoms with van der Waals surface area (Å²) in [5.41, 5.74) is 3.60. The lowest BCUT2D eigenvalue weighted by Crippen LogP contribution is -2.37. The van der Waals surface area contributed by atoms with E-state index in [1.165, 1.54) is 0 Å². The zero-order valence-corrected chi connectivity index (χ0v) is 19.2. The van der Waals surface area contributed by atoms with Crippen molar-refractivity contribution >= 4 is 28.9 Å². The molecular formula is C26H24N6OS. The minimum absolute atomic E-state index is 0.115. The maximum absolute atomic E-state index is 13.0. The summed E-state index contributed by atoms with van der Waals surface area (Å²) in [4.78, 5) is 24.0. The largest absolute Gasteiger partial charge is 0.352 e. The Morgan fingerprint density at radius 3 is 2.44 bits per heavy atom. The van der Waals surface area contributed by atoms with Crippen LogP contribution < -0.4 is 10.6 Å². The molecule has 0 unspecified atom stereocenters. The lowest BCUT2D eigenvalue weighted by atomic mass is 10.0. The summed E-state index contributed by atoms with van der Waals surface area (Å²) in [6, 6.07) is 24.8. The molecule has 1 aromatic carbocycles. The van der Waals surface area contributed by atoms with Gasteiger partial charge in [-0.1, -0.05) is 30.3 Å². The van der Waals surface area contributed by atoms with Gasteiger partial charge in [0.15, 0.2) is 5.11 Å². The second-order valence-corrected chi connectivity index (χ2v) is 8.44. The molecule has 0 spiro atoms. The second kappa shape index (κ2) is 9.84. The van der Waals surface area contributed by atoms with E-state index in [0.29, 0.717) is 11.7 Å². The summed E-state index contributed by atoms with van der Waals surface area (Å²) in [6.45, 7) is 0.731. The first kappa shape index (κ1) is 21.8. The van der Waals surface area contributed by atoms with Crippen LogP contribution in [0.15, 0.2) is 97.5 Å². The van der Waals surface area contributed by atoms with Gasteiger partial charge in [0.05, 0.1) is 30.0 Å². The van der Waals surface area contributed by atoms with Crippen LogP contribution in [0.5, 0.6) is 0 Å². The summed E-state index contributed by atoms with van der Waals surface area (Å²) in [6.07, 6.45) is 5.60. The van der Waals surface area contributed by atoms with E-state index in [0.717, 1.165) is 22.8 Å². The highest BCUT2D eigenvalue weighted by molar-refractivity contribution is 7.80. The van der Waals surface area contributed by atoms with Crippen LogP contribution in [0.1, 0.15) is 29.2 Å². The zero-order valence-electron chi connectivity index (χ0n) is 18.4. The number of anilines is 1. The van der Waals surface area contributed by atoms with E-state index < -0.39 is 0 Å². The molecule has 8 heteroatoms. The molecule has 4 aromatic rings. The Balaban J connectivity index is 1.47. The van der Waals surface area contributed by atoms with Crippen LogP contribution in [-0.4, -0.2) is 37.0 Å². The number of rotatable bonds is 7. The molecule has 0 radical (unpaired) electrons. The topological polar surface area (TPSA) is 75.1 Å². The third-order valence-corrected chi connectivity index (χ3v) is 6.15. The minimum atomic E-state index is -0.220. The molecule has 1 aliphatic heterocycles.